The van der Waals surface area contributed by atoms with Crippen LogP contribution in [-0.4, -0.2) is 69.4 Å². The largest absolute Gasteiger partial charge is 0.326 e. The summed E-state index contributed by atoms with van der Waals surface area (Å²) in [4.78, 5) is 25.0. The van der Waals surface area contributed by atoms with Gasteiger partial charge in [-0.15, -0.1) is 0 Å². The van der Waals surface area contributed by atoms with E-state index in [4.69, 9.17) is 0 Å². The van der Waals surface area contributed by atoms with Crippen LogP contribution in [0.3, 0.4) is 0 Å². The molecule has 9 heteroatoms. The number of carbonyl (C=O) groups is 2. The summed E-state index contributed by atoms with van der Waals surface area (Å²) in [5.41, 5.74) is 1.12. The second-order valence-electron chi connectivity index (χ2n) is 6.03. The number of rotatable bonds is 9. The maximum Gasteiger partial charge on any atom is 0.225 e. The summed E-state index contributed by atoms with van der Waals surface area (Å²) >= 11 is 0. The molecule has 1 rings (SSSR count). The molecule has 0 bridgehead atoms. The Labute approximate surface area is 149 Å². The summed E-state index contributed by atoms with van der Waals surface area (Å²) < 4.78 is 24.9. The minimum atomic E-state index is -3.37. The molecular weight excluding hydrogens is 344 g/mol. The second kappa shape index (κ2) is 9.50. The molecule has 0 radical (unpaired) electrons. The van der Waals surface area contributed by atoms with Crippen molar-refractivity contribution < 1.29 is 18.0 Å². The Kier molecular flexibility index (Phi) is 8.01. The minimum Gasteiger partial charge on any atom is -0.326 e. The topological polar surface area (TPSA) is 98.8 Å². The molecule has 1 aromatic rings. The summed E-state index contributed by atoms with van der Waals surface area (Å²) in [5, 5.41) is 5.34. The molecule has 2 amide bonds. The number of carbonyl (C=O) groups excluding carboxylic acids is 2. The lowest BCUT2D eigenvalue weighted by Gasteiger charge is -2.21. The van der Waals surface area contributed by atoms with Gasteiger partial charge in [-0.3, -0.25) is 9.59 Å². The smallest absolute Gasteiger partial charge is 0.225 e. The van der Waals surface area contributed by atoms with Crippen molar-refractivity contribution in [3.8, 4) is 0 Å². The third kappa shape index (κ3) is 8.62. The van der Waals surface area contributed by atoms with Crippen LogP contribution in [0.4, 0.5) is 11.4 Å². The van der Waals surface area contributed by atoms with Crippen LogP contribution in [0.5, 0.6) is 0 Å². The summed E-state index contributed by atoms with van der Waals surface area (Å²) in [5.74, 6) is -0.494. The maximum absolute atomic E-state index is 12.1. The van der Waals surface area contributed by atoms with Gasteiger partial charge in [0.15, 0.2) is 0 Å². The summed E-state index contributed by atoms with van der Waals surface area (Å²) in [6.07, 6.45) is 1.18. The fourth-order valence-corrected chi connectivity index (χ4v) is 2.92. The molecule has 0 heterocycles. The number of nitrogens with zero attached hydrogens (tertiary/aromatic N) is 2. The van der Waals surface area contributed by atoms with Crippen LogP contribution in [0.2, 0.25) is 0 Å². The van der Waals surface area contributed by atoms with Gasteiger partial charge in [0.25, 0.3) is 0 Å². The quantitative estimate of drug-likeness (QED) is 0.670. The summed E-state index contributed by atoms with van der Waals surface area (Å²) in [7, 11) is 0.343. The predicted octanol–water partition coefficient (Wildman–Crippen LogP) is 0.797. The molecular formula is C16H26N4O4S. The van der Waals surface area contributed by atoms with Crippen molar-refractivity contribution >= 4 is 33.2 Å². The Morgan fingerprint density at radius 3 is 2.16 bits per heavy atom. The van der Waals surface area contributed by atoms with Crippen molar-refractivity contribution in [2.75, 3.05) is 50.6 Å². The van der Waals surface area contributed by atoms with E-state index in [0.29, 0.717) is 24.5 Å². The number of hydrogen-bond donors (Lipinski definition) is 2. The zero-order chi connectivity index (χ0) is 19.0. The second-order valence-corrected chi connectivity index (χ2v) is 8.01. The molecule has 0 atom stereocenters. The highest BCUT2D eigenvalue weighted by Gasteiger charge is 2.18. The molecule has 1 aromatic carbocycles. The van der Waals surface area contributed by atoms with Crippen LogP contribution in [0.1, 0.15) is 13.3 Å². The van der Waals surface area contributed by atoms with Gasteiger partial charge in [0.05, 0.1) is 6.26 Å². The lowest BCUT2D eigenvalue weighted by molar-refractivity contribution is -0.116. The number of amides is 2. The van der Waals surface area contributed by atoms with Crippen LogP contribution >= 0.6 is 0 Å². The number of likely N-dealkylation sites (N-methyl/N-ethyl adjacent to an activating group) is 1. The van der Waals surface area contributed by atoms with E-state index in [9.17, 15) is 18.0 Å². The van der Waals surface area contributed by atoms with Gasteiger partial charge in [-0.25, -0.2) is 12.7 Å². The van der Waals surface area contributed by atoms with Crippen molar-refractivity contribution in [1.29, 1.82) is 0 Å². The highest BCUT2D eigenvalue weighted by molar-refractivity contribution is 7.88. The first-order valence-electron chi connectivity index (χ1n) is 7.85. The van der Waals surface area contributed by atoms with E-state index >= 15 is 0 Å². The van der Waals surface area contributed by atoms with Crippen LogP contribution in [0.25, 0.3) is 0 Å². The Bertz CT molecular complexity index is 704. The van der Waals surface area contributed by atoms with Crippen molar-refractivity contribution in [2.24, 2.45) is 0 Å². The van der Waals surface area contributed by atoms with Crippen molar-refractivity contribution in [2.45, 2.75) is 13.3 Å². The van der Waals surface area contributed by atoms with Gasteiger partial charge in [0.2, 0.25) is 21.8 Å². The average Bonchev–Trinajstić information content (AvgIpc) is 2.45. The third-order valence-corrected chi connectivity index (χ3v) is 4.62. The van der Waals surface area contributed by atoms with Gasteiger partial charge in [-0.05, 0) is 32.3 Å². The fraction of sp³-hybridized carbons (Fsp3) is 0.500. The zero-order valence-corrected chi connectivity index (χ0v) is 15.9. The molecule has 0 aliphatic heterocycles. The van der Waals surface area contributed by atoms with Crippen LogP contribution in [0.15, 0.2) is 24.3 Å². The van der Waals surface area contributed by atoms with E-state index in [-0.39, 0.29) is 24.8 Å². The standard InChI is InChI=1S/C16H26N4O4S/c1-13(21)17-14-6-5-7-15(12-14)18-16(22)8-9-20(25(4,23)24)11-10-19(2)3/h5-7,12H,8-11H2,1-4H3,(H,17,21)(H,18,22). The van der Waals surface area contributed by atoms with Gasteiger partial charge >= 0.3 is 0 Å². The van der Waals surface area contributed by atoms with Crippen LogP contribution < -0.4 is 10.6 Å². The molecule has 0 saturated carbocycles. The van der Waals surface area contributed by atoms with E-state index in [1.807, 2.05) is 19.0 Å². The number of nitrogens with one attached hydrogen (secondary N) is 2. The lowest BCUT2D eigenvalue weighted by Crippen LogP contribution is -2.37. The molecule has 0 unspecified atom stereocenters. The molecule has 0 aliphatic carbocycles. The van der Waals surface area contributed by atoms with E-state index in [0.717, 1.165) is 6.26 Å². The SMILES string of the molecule is CC(=O)Nc1cccc(NC(=O)CCN(CCN(C)C)S(C)(=O)=O)c1. The molecule has 0 fully saturated rings. The van der Waals surface area contributed by atoms with Gasteiger partial charge in [0, 0.05) is 44.4 Å². The van der Waals surface area contributed by atoms with E-state index in [2.05, 4.69) is 10.6 Å². The number of benzene rings is 1. The zero-order valence-electron chi connectivity index (χ0n) is 15.1. The first kappa shape index (κ1) is 21.1. The Hall–Kier alpha value is -1.97. The van der Waals surface area contributed by atoms with Crippen LogP contribution in [-0.2, 0) is 19.6 Å². The molecule has 0 saturated heterocycles. The summed E-state index contributed by atoms with van der Waals surface area (Å²) in [6, 6.07) is 6.76. The van der Waals surface area contributed by atoms with Gasteiger partial charge in [0.1, 0.15) is 0 Å². The lowest BCUT2D eigenvalue weighted by atomic mass is 10.2. The number of sulfonamides is 1. The number of anilines is 2. The van der Waals surface area contributed by atoms with Crippen LogP contribution in [0, 0.1) is 0 Å². The molecule has 8 nitrogen and oxygen atoms in total. The normalized spacial score (nSPS) is 11.6. The highest BCUT2D eigenvalue weighted by atomic mass is 32.2. The van der Waals surface area contributed by atoms with Gasteiger partial charge < -0.3 is 15.5 Å². The molecule has 0 aliphatic rings. The first-order valence-corrected chi connectivity index (χ1v) is 9.70. The Balaban J connectivity index is 2.61. The average molecular weight is 370 g/mol. The van der Waals surface area contributed by atoms with Crippen molar-refractivity contribution in [3.63, 3.8) is 0 Å². The van der Waals surface area contributed by atoms with Gasteiger partial charge in [-0.2, -0.15) is 0 Å². The molecule has 0 aromatic heterocycles. The number of hydrogen-bond acceptors (Lipinski definition) is 5. The van der Waals surface area contributed by atoms with Gasteiger partial charge in [-0.1, -0.05) is 6.07 Å². The predicted molar refractivity (Wildman–Crippen MR) is 99.0 cm³/mol. The molecule has 140 valence electrons. The molecule has 25 heavy (non-hydrogen) atoms. The third-order valence-electron chi connectivity index (χ3n) is 3.32. The molecule has 0 spiro atoms. The summed E-state index contributed by atoms with van der Waals surface area (Å²) in [6.45, 7) is 2.42. The maximum atomic E-state index is 12.1. The fourth-order valence-electron chi connectivity index (χ4n) is 2.08. The Morgan fingerprint density at radius 1 is 1.04 bits per heavy atom. The minimum absolute atomic E-state index is 0.0465. The molecule has 2 N–H and O–H groups in total. The Morgan fingerprint density at radius 2 is 1.64 bits per heavy atom. The highest BCUT2D eigenvalue weighted by Crippen LogP contribution is 2.15. The van der Waals surface area contributed by atoms with E-state index in [1.165, 1.54) is 11.2 Å². The van der Waals surface area contributed by atoms with Crippen molar-refractivity contribution in [1.82, 2.24) is 9.21 Å². The first-order chi connectivity index (χ1) is 11.6. The monoisotopic (exact) mass is 370 g/mol. The van der Waals surface area contributed by atoms with Crippen molar-refractivity contribution in [3.05, 3.63) is 24.3 Å². The van der Waals surface area contributed by atoms with E-state index < -0.39 is 10.0 Å². The van der Waals surface area contributed by atoms with E-state index in [1.54, 1.807) is 24.3 Å².